The molecule has 0 aliphatic heterocycles. The van der Waals surface area contributed by atoms with Gasteiger partial charge in [-0.05, 0) is 24.6 Å². The first kappa shape index (κ1) is 14.0. The Morgan fingerprint density at radius 3 is 2.89 bits per heavy atom. The minimum absolute atomic E-state index is 0.0581. The molecule has 2 N–H and O–H groups in total. The molecule has 0 saturated heterocycles. The lowest BCUT2D eigenvalue weighted by Crippen LogP contribution is -2.26. The molecule has 5 heteroatoms. The molecule has 1 aromatic heterocycles. The monoisotopic (exact) mass is 265 g/mol. The summed E-state index contributed by atoms with van der Waals surface area (Å²) in [7, 11) is 1.64. The lowest BCUT2D eigenvalue weighted by molar-refractivity contribution is 0.107. The molecule has 2 rings (SSSR count). The quantitative estimate of drug-likeness (QED) is 0.870. The molecule has 4 nitrogen and oxygen atoms in total. The van der Waals surface area contributed by atoms with Gasteiger partial charge in [-0.3, -0.25) is 0 Å². The van der Waals surface area contributed by atoms with Gasteiger partial charge in [0.1, 0.15) is 11.6 Å². The third kappa shape index (κ3) is 2.93. The molecule has 1 heterocycles. The Balaban J connectivity index is 2.44. The van der Waals surface area contributed by atoms with E-state index in [4.69, 9.17) is 10.5 Å². The molecule has 0 aliphatic rings. The minimum atomic E-state index is -0.238. The van der Waals surface area contributed by atoms with Gasteiger partial charge in [0.15, 0.2) is 0 Å². The molecule has 0 spiro atoms. The van der Waals surface area contributed by atoms with Crippen molar-refractivity contribution in [1.29, 1.82) is 0 Å². The molecule has 0 fully saturated rings. The summed E-state index contributed by atoms with van der Waals surface area (Å²) >= 11 is 0. The predicted octanol–water partition coefficient (Wildman–Crippen LogP) is 2.10. The molecule has 0 bridgehead atoms. The first-order valence-electron chi connectivity index (χ1n) is 6.57. The smallest absolute Gasteiger partial charge is 0.125 e. The van der Waals surface area contributed by atoms with Crippen molar-refractivity contribution in [1.82, 2.24) is 9.55 Å². The fourth-order valence-electron chi connectivity index (χ4n) is 2.24. The van der Waals surface area contributed by atoms with Crippen LogP contribution in [0, 0.1) is 5.82 Å². The summed E-state index contributed by atoms with van der Waals surface area (Å²) in [6, 6.07) is 4.68. The third-order valence-electron chi connectivity index (χ3n) is 3.24. The number of hydrogen-bond donors (Lipinski definition) is 1. The average Bonchev–Trinajstić information content (AvgIpc) is 2.74. The topological polar surface area (TPSA) is 53.1 Å². The summed E-state index contributed by atoms with van der Waals surface area (Å²) < 4.78 is 20.7. The van der Waals surface area contributed by atoms with Crippen molar-refractivity contribution in [3.05, 3.63) is 29.8 Å². The minimum Gasteiger partial charge on any atom is -0.380 e. The van der Waals surface area contributed by atoms with Crippen LogP contribution in [0.25, 0.3) is 11.0 Å². The Hall–Kier alpha value is -1.46. The summed E-state index contributed by atoms with van der Waals surface area (Å²) in [5.74, 6) is 0.665. The number of hydrogen-bond acceptors (Lipinski definition) is 3. The van der Waals surface area contributed by atoms with Gasteiger partial charge in [0.2, 0.25) is 0 Å². The highest BCUT2D eigenvalue weighted by Gasteiger charge is 2.15. The van der Waals surface area contributed by atoms with Crippen molar-refractivity contribution in [3.8, 4) is 0 Å². The number of nitrogens with two attached hydrogens (primary N) is 1. The Kier molecular flexibility index (Phi) is 4.50. The predicted molar refractivity (Wildman–Crippen MR) is 73.5 cm³/mol. The van der Waals surface area contributed by atoms with Crippen molar-refractivity contribution in [3.63, 3.8) is 0 Å². The van der Waals surface area contributed by atoms with E-state index in [0.29, 0.717) is 13.0 Å². The second-order valence-electron chi connectivity index (χ2n) is 4.61. The van der Waals surface area contributed by atoms with Crippen molar-refractivity contribution in [2.24, 2.45) is 5.73 Å². The normalized spacial score (nSPS) is 13.1. The van der Waals surface area contributed by atoms with Crippen molar-refractivity contribution < 1.29 is 9.13 Å². The van der Waals surface area contributed by atoms with Gasteiger partial charge in [-0.1, -0.05) is 6.92 Å². The largest absolute Gasteiger partial charge is 0.380 e. The molecule has 104 valence electrons. The molecule has 0 aliphatic carbocycles. The standard InChI is InChI=1S/C14H20FN3O/c1-3-6-18-13-7-10(15)4-5-12(13)17-14(18)8-11(9-16)19-2/h4-5,7,11H,3,6,8-9,16H2,1-2H3. The van der Waals surface area contributed by atoms with Gasteiger partial charge in [-0.2, -0.15) is 0 Å². The molecule has 1 aromatic carbocycles. The highest BCUT2D eigenvalue weighted by molar-refractivity contribution is 5.76. The summed E-state index contributed by atoms with van der Waals surface area (Å²) in [5.41, 5.74) is 7.30. The number of nitrogens with zero attached hydrogens (tertiary/aromatic N) is 2. The van der Waals surface area contributed by atoms with Crippen LogP contribution in [0.3, 0.4) is 0 Å². The molecule has 0 saturated carbocycles. The molecule has 2 aromatic rings. The SMILES string of the molecule is CCCn1c(CC(CN)OC)nc2ccc(F)cc21. The van der Waals surface area contributed by atoms with Gasteiger partial charge in [-0.25, -0.2) is 9.37 Å². The Morgan fingerprint density at radius 2 is 2.26 bits per heavy atom. The summed E-state index contributed by atoms with van der Waals surface area (Å²) in [4.78, 5) is 4.57. The number of halogens is 1. The van der Waals surface area contributed by atoms with E-state index in [2.05, 4.69) is 16.5 Å². The molecular weight excluding hydrogens is 245 g/mol. The highest BCUT2D eigenvalue weighted by Crippen LogP contribution is 2.19. The molecule has 1 unspecified atom stereocenters. The van der Waals surface area contributed by atoms with Gasteiger partial charge in [0.25, 0.3) is 0 Å². The van der Waals surface area contributed by atoms with E-state index in [9.17, 15) is 4.39 Å². The first-order valence-corrected chi connectivity index (χ1v) is 6.57. The maximum atomic E-state index is 13.4. The van der Waals surface area contributed by atoms with Gasteiger partial charge in [-0.15, -0.1) is 0 Å². The lowest BCUT2D eigenvalue weighted by Gasteiger charge is -2.14. The van der Waals surface area contributed by atoms with E-state index in [0.717, 1.165) is 29.8 Å². The van der Waals surface area contributed by atoms with Crippen LogP contribution in [0.5, 0.6) is 0 Å². The van der Waals surface area contributed by atoms with E-state index in [-0.39, 0.29) is 11.9 Å². The molecular formula is C14H20FN3O. The van der Waals surface area contributed by atoms with Gasteiger partial charge >= 0.3 is 0 Å². The van der Waals surface area contributed by atoms with Crippen LogP contribution < -0.4 is 5.73 Å². The fraction of sp³-hybridized carbons (Fsp3) is 0.500. The van der Waals surface area contributed by atoms with Crippen molar-refractivity contribution in [2.75, 3.05) is 13.7 Å². The Bertz CT molecular complexity index is 549. The van der Waals surface area contributed by atoms with Gasteiger partial charge in [0.05, 0.1) is 17.1 Å². The molecule has 0 radical (unpaired) electrons. The Morgan fingerprint density at radius 1 is 1.47 bits per heavy atom. The van der Waals surface area contributed by atoms with Gasteiger partial charge < -0.3 is 15.0 Å². The van der Waals surface area contributed by atoms with Crippen molar-refractivity contribution >= 4 is 11.0 Å². The molecule has 1 atom stereocenters. The number of rotatable bonds is 6. The number of benzene rings is 1. The summed E-state index contributed by atoms with van der Waals surface area (Å²) in [6.07, 6.45) is 1.55. The van der Waals surface area contributed by atoms with Crippen LogP contribution in [-0.4, -0.2) is 29.3 Å². The lowest BCUT2D eigenvalue weighted by atomic mass is 10.2. The number of aryl methyl sites for hydroxylation is 1. The van der Waals surface area contributed by atoms with E-state index < -0.39 is 0 Å². The second-order valence-corrected chi connectivity index (χ2v) is 4.61. The molecule has 19 heavy (non-hydrogen) atoms. The molecule has 0 amide bonds. The van der Waals surface area contributed by atoms with E-state index >= 15 is 0 Å². The van der Waals surface area contributed by atoms with Gasteiger partial charge in [0, 0.05) is 26.6 Å². The Labute approximate surface area is 112 Å². The first-order chi connectivity index (χ1) is 9.19. The van der Waals surface area contributed by atoms with Crippen LogP contribution in [-0.2, 0) is 17.7 Å². The summed E-state index contributed by atoms with van der Waals surface area (Å²) in [6.45, 7) is 3.35. The zero-order chi connectivity index (χ0) is 13.8. The van der Waals surface area contributed by atoms with Crippen LogP contribution in [0.4, 0.5) is 4.39 Å². The van der Waals surface area contributed by atoms with Crippen LogP contribution in [0.2, 0.25) is 0 Å². The summed E-state index contributed by atoms with van der Waals surface area (Å²) in [5, 5.41) is 0. The number of ether oxygens (including phenoxy) is 1. The highest BCUT2D eigenvalue weighted by atomic mass is 19.1. The van der Waals surface area contributed by atoms with Crippen molar-refractivity contribution in [2.45, 2.75) is 32.4 Å². The van der Waals surface area contributed by atoms with Crippen LogP contribution >= 0.6 is 0 Å². The number of fused-ring (bicyclic) bond motifs is 1. The second kappa shape index (κ2) is 6.12. The third-order valence-corrected chi connectivity index (χ3v) is 3.24. The maximum Gasteiger partial charge on any atom is 0.125 e. The zero-order valence-corrected chi connectivity index (χ0v) is 11.4. The van der Waals surface area contributed by atoms with E-state index in [1.165, 1.54) is 12.1 Å². The number of methoxy groups -OCH3 is 1. The average molecular weight is 265 g/mol. The van der Waals surface area contributed by atoms with E-state index in [1.54, 1.807) is 13.2 Å². The van der Waals surface area contributed by atoms with Crippen LogP contribution in [0.15, 0.2) is 18.2 Å². The van der Waals surface area contributed by atoms with E-state index in [1.807, 2.05) is 0 Å². The maximum absolute atomic E-state index is 13.4. The number of aromatic nitrogens is 2. The fourth-order valence-corrected chi connectivity index (χ4v) is 2.24. The van der Waals surface area contributed by atoms with Crippen LogP contribution in [0.1, 0.15) is 19.2 Å². The zero-order valence-electron chi connectivity index (χ0n) is 11.4. The number of imidazole rings is 1.